The zero-order chi connectivity index (χ0) is 22.2. The fourth-order valence-corrected chi connectivity index (χ4v) is 3.27. The Balaban J connectivity index is 2.25. The van der Waals surface area contributed by atoms with Gasteiger partial charge in [0.2, 0.25) is 0 Å². The van der Waals surface area contributed by atoms with Crippen molar-refractivity contribution < 1.29 is 22.3 Å². The summed E-state index contributed by atoms with van der Waals surface area (Å²) < 4.78 is 60.3. The molecule has 1 N–H and O–H groups in total. The molecule has 0 aliphatic rings. The van der Waals surface area contributed by atoms with Crippen LogP contribution in [0.15, 0.2) is 46.0 Å². The number of halogens is 4. The second-order valence-corrected chi connectivity index (χ2v) is 6.49. The molecule has 0 saturated heterocycles. The zero-order valence-electron chi connectivity index (χ0n) is 15.9. The third kappa shape index (κ3) is 3.77. The minimum atomic E-state index is -4.82. The van der Waals surface area contributed by atoms with Crippen LogP contribution < -0.4 is 21.4 Å². The fourth-order valence-electron chi connectivity index (χ4n) is 3.27. The molecule has 1 aromatic heterocycles. The molecule has 154 valence electrons. The molecule has 30 heavy (non-hydrogen) atoms. The Kier molecular flexibility index (Phi) is 5.60. The number of H-pyrrole nitrogens is 1. The van der Waals surface area contributed by atoms with Gasteiger partial charge in [0, 0.05) is 11.3 Å². The first-order chi connectivity index (χ1) is 14.1. The molecule has 5 nitrogen and oxygen atoms in total. The molecule has 1 heterocycles. The number of ether oxygens (including phenoxy) is 1. The van der Waals surface area contributed by atoms with Gasteiger partial charge in [-0.1, -0.05) is 18.2 Å². The van der Waals surface area contributed by atoms with E-state index < -0.39 is 40.9 Å². The van der Waals surface area contributed by atoms with Crippen molar-refractivity contribution in [2.24, 2.45) is 0 Å². The number of nitrogens with one attached hydrogen (secondary N) is 1. The number of hydrogen-bond acceptors (Lipinski definition) is 3. The highest BCUT2D eigenvalue weighted by Gasteiger charge is 2.34. The number of aromatic amines is 1. The SMILES string of the molecule is [B]c1c(OC)cccc1-c1c(C)n(Cc2c(F)cccc2C(F)(F)F)c(=O)[nH]c1=O. The summed E-state index contributed by atoms with van der Waals surface area (Å²) in [4.78, 5) is 26.9. The third-order valence-electron chi connectivity index (χ3n) is 4.76. The molecule has 0 aliphatic heterocycles. The van der Waals surface area contributed by atoms with Crippen molar-refractivity contribution in [2.75, 3.05) is 7.11 Å². The van der Waals surface area contributed by atoms with Gasteiger partial charge in [-0.3, -0.25) is 14.3 Å². The number of benzene rings is 2. The molecule has 0 bridgehead atoms. The summed E-state index contributed by atoms with van der Waals surface area (Å²) in [5.41, 5.74) is -3.34. The molecule has 0 fully saturated rings. The van der Waals surface area contributed by atoms with Gasteiger partial charge in [-0.2, -0.15) is 13.2 Å². The van der Waals surface area contributed by atoms with E-state index in [0.717, 1.165) is 22.8 Å². The molecular weight excluding hydrogens is 403 g/mol. The van der Waals surface area contributed by atoms with Gasteiger partial charge in [0.05, 0.1) is 24.8 Å². The summed E-state index contributed by atoms with van der Waals surface area (Å²) in [6.07, 6.45) is -4.82. The van der Waals surface area contributed by atoms with Gasteiger partial charge in [0.1, 0.15) is 19.4 Å². The van der Waals surface area contributed by atoms with Crippen LogP contribution in [0, 0.1) is 12.7 Å². The molecule has 2 radical (unpaired) electrons. The van der Waals surface area contributed by atoms with Gasteiger partial charge >= 0.3 is 11.9 Å². The first-order valence-corrected chi connectivity index (χ1v) is 8.67. The predicted octanol–water partition coefficient (Wildman–Crippen LogP) is 2.52. The highest BCUT2D eigenvalue weighted by atomic mass is 19.4. The molecular formula is C20H15BF4N2O3. The third-order valence-corrected chi connectivity index (χ3v) is 4.76. The number of alkyl halides is 3. The molecule has 3 aromatic rings. The van der Waals surface area contributed by atoms with Gasteiger partial charge in [-0.25, -0.2) is 9.18 Å². The molecule has 0 aliphatic carbocycles. The highest BCUT2D eigenvalue weighted by molar-refractivity contribution is 6.38. The van der Waals surface area contributed by atoms with Crippen LogP contribution in [0.4, 0.5) is 17.6 Å². The molecule has 0 spiro atoms. The number of aromatic nitrogens is 2. The van der Waals surface area contributed by atoms with Crippen LogP contribution in [0.1, 0.15) is 16.8 Å². The van der Waals surface area contributed by atoms with Crippen LogP contribution >= 0.6 is 0 Å². The maximum absolute atomic E-state index is 14.3. The molecule has 10 heteroatoms. The van der Waals surface area contributed by atoms with Crippen molar-refractivity contribution >= 4 is 13.3 Å². The van der Waals surface area contributed by atoms with Crippen LogP contribution in [0.5, 0.6) is 5.75 Å². The zero-order valence-corrected chi connectivity index (χ0v) is 15.9. The topological polar surface area (TPSA) is 64.1 Å². The first-order valence-electron chi connectivity index (χ1n) is 8.67. The van der Waals surface area contributed by atoms with Crippen LogP contribution in [0.3, 0.4) is 0 Å². The second-order valence-electron chi connectivity index (χ2n) is 6.49. The van der Waals surface area contributed by atoms with Crippen molar-refractivity contribution in [1.82, 2.24) is 9.55 Å². The minimum Gasteiger partial charge on any atom is -0.497 e. The lowest BCUT2D eigenvalue weighted by molar-refractivity contribution is -0.138. The van der Waals surface area contributed by atoms with Crippen LogP contribution in [-0.2, 0) is 12.7 Å². The lowest BCUT2D eigenvalue weighted by Gasteiger charge is -2.18. The van der Waals surface area contributed by atoms with E-state index in [4.69, 9.17) is 12.6 Å². The van der Waals surface area contributed by atoms with Gasteiger partial charge in [-0.15, -0.1) is 0 Å². The smallest absolute Gasteiger partial charge is 0.416 e. The summed E-state index contributed by atoms with van der Waals surface area (Å²) in [7, 11) is 7.42. The Hall–Kier alpha value is -3.30. The first kappa shape index (κ1) is 21.4. The van der Waals surface area contributed by atoms with Crippen molar-refractivity contribution in [2.45, 2.75) is 19.6 Å². The lowest BCUT2D eigenvalue weighted by Crippen LogP contribution is -2.35. The molecule has 0 unspecified atom stereocenters. The number of hydrogen-bond donors (Lipinski definition) is 1. The van der Waals surface area contributed by atoms with E-state index >= 15 is 0 Å². The number of nitrogens with zero attached hydrogens (tertiary/aromatic N) is 1. The summed E-state index contributed by atoms with van der Waals surface area (Å²) in [6, 6.07) is 7.18. The Morgan fingerprint density at radius 3 is 2.43 bits per heavy atom. The van der Waals surface area contributed by atoms with Crippen LogP contribution in [0.25, 0.3) is 11.1 Å². The summed E-state index contributed by atoms with van der Waals surface area (Å²) in [6.45, 7) is 0.638. The molecule has 0 atom stereocenters. The van der Waals surface area contributed by atoms with E-state index in [-0.39, 0.29) is 28.0 Å². The maximum Gasteiger partial charge on any atom is 0.416 e. The van der Waals surface area contributed by atoms with Crippen LogP contribution in [0.2, 0.25) is 0 Å². The largest absolute Gasteiger partial charge is 0.497 e. The average molecular weight is 418 g/mol. The van der Waals surface area contributed by atoms with Gasteiger partial charge in [0.15, 0.2) is 0 Å². The molecule has 3 rings (SSSR count). The van der Waals surface area contributed by atoms with Gasteiger partial charge < -0.3 is 4.74 Å². The lowest BCUT2D eigenvalue weighted by atomic mass is 9.86. The Labute approximate surface area is 169 Å². The standard InChI is InChI=1S/C20H15BF4N2O3/c1-10-16(11-5-3-8-15(30-2)17(11)21)18(28)26-19(29)27(10)9-12-13(20(23,24)25)6-4-7-14(12)22/h3-8H,9H2,1-2H3,(H,26,28,29). The van der Waals surface area contributed by atoms with E-state index in [2.05, 4.69) is 4.98 Å². The highest BCUT2D eigenvalue weighted by Crippen LogP contribution is 2.33. The quantitative estimate of drug-likeness (QED) is 0.524. The van der Waals surface area contributed by atoms with Gasteiger partial charge in [-0.05, 0) is 36.1 Å². The summed E-state index contributed by atoms with van der Waals surface area (Å²) >= 11 is 0. The van der Waals surface area contributed by atoms with E-state index in [9.17, 15) is 27.2 Å². The van der Waals surface area contributed by atoms with Gasteiger partial charge in [0.25, 0.3) is 5.56 Å². The van der Waals surface area contributed by atoms with Crippen LogP contribution in [-0.4, -0.2) is 24.5 Å². The van der Waals surface area contributed by atoms with Crippen molar-refractivity contribution in [3.63, 3.8) is 0 Å². The monoisotopic (exact) mass is 418 g/mol. The summed E-state index contributed by atoms with van der Waals surface area (Å²) in [5, 5.41) is 0. The Morgan fingerprint density at radius 1 is 1.13 bits per heavy atom. The van der Waals surface area contributed by atoms with E-state index in [1.807, 2.05) is 0 Å². The van der Waals surface area contributed by atoms with Crippen molar-refractivity contribution in [1.29, 1.82) is 0 Å². The minimum absolute atomic E-state index is 0.0279. The van der Waals surface area contributed by atoms with E-state index in [1.165, 1.54) is 20.1 Å². The van der Waals surface area contributed by atoms with Crippen molar-refractivity contribution in [3.8, 4) is 16.9 Å². The molecule has 0 amide bonds. The Bertz CT molecular complexity index is 1230. The summed E-state index contributed by atoms with van der Waals surface area (Å²) in [5.74, 6) is -0.845. The average Bonchev–Trinajstić information content (AvgIpc) is 2.66. The molecule has 2 aromatic carbocycles. The predicted molar refractivity (Wildman–Crippen MR) is 104 cm³/mol. The second kappa shape index (κ2) is 7.85. The maximum atomic E-state index is 14.3. The van der Waals surface area contributed by atoms with E-state index in [0.29, 0.717) is 0 Å². The van der Waals surface area contributed by atoms with E-state index in [1.54, 1.807) is 12.1 Å². The Morgan fingerprint density at radius 2 is 1.80 bits per heavy atom. The van der Waals surface area contributed by atoms with Crippen molar-refractivity contribution in [3.05, 3.63) is 79.9 Å². The number of methoxy groups -OCH3 is 1. The fraction of sp³-hybridized carbons (Fsp3) is 0.200. The molecule has 0 saturated carbocycles. The normalized spacial score (nSPS) is 11.5. The number of rotatable bonds is 4.